The number of hydrogen-bond acceptors (Lipinski definition) is 1. The Morgan fingerprint density at radius 2 is 2.21 bits per heavy atom. The normalized spacial score (nSPS) is 54.6. The van der Waals surface area contributed by atoms with Crippen molar-refractivity contribution in [1.82, 2.24) is 0 Å². The van der Waals surface area contributed by atoms with Gasteiger partial charge in [-0.25, -0.2) is 0 Å². The molecule has 14 heavy (non-hydrogen) atoms. The van der Waals surface area contributed by atoms with Crippen LogP contribution in [0, 0.1) is 22.7 Å². The van der Waals surface area contributed by atoms with E-state index in [1.807, 2.05) is 0 Å². The molecule has 0 N–H and O–H groups in total. The number of ketones is 1. The van der Waals surface area contributed by atoms with E-state index in [1.165, 1.54) is 32.1 Å². The summed E-state index contributed by atoms with van der Waals surface area (Å²) in [5.41, 5.74) is 0.618. The molecule has 1 heteroatoms. The average molecular weight is 192 g/mol. The zero-order valence-electron chi connectivity index (χ0n) is 9.31. The molecule has 3 aliphatic carbocycles. The fraction of sp³-hybridized carbons (Fsp3) is 0.923. The second kappa shape index (κ2) is 2.43. The molecule has 78 valence electrons. The smallest absolute Gasteiger partial charge is 0.139 e. The largest absolute Gasteiger partial charge is 0.299 e. The van der Waals surface area contributed by atoms with Gasteiger partial charge in [0.25, 0.3) is 0 Å². The highest BCUT2D eigenvalue weighted by Crippen LogP contribution is 2.75. The van der Waals surface area contributed by atoms with Crippen molar-refractivity contribution >= 4 is 5.78 Å². The maximum Gasteiger partial charge on any atom is 0.139 e. The number of carbonyl (C=O) groups excluding carboxylic acids is 1. The molecule has 0 radical (unpaired) electrons. The van der Waals surface area contributed by atoms with Crippen LogP contribution >= 0.6 is 0 Å². The van der Waals surface area contributed by atoms with Crippen molar-refractivity contribution in [2.45, 2.75) is 52.4 Å². The van der Waals surface area contributed by atoms with Gasteiger partial charge in [-0.05, 0) is 42.9 Å². The molecule has 4 atom stereocenters. The molecule has 0 saturated heterocycles. The lowest BCUT2D eigenvalue weighted by Gasteiger charge is -2.12. The van der Waals surface area contributed by atoms with E-state index in [0.29, 0.717) is 11.2 Å². The van der Waals surface area contributed by atoms with Gasteiger partial charge in [-0.3, -0.25) is 4.79 Å². The summed E-state index contributed by atoms with van der Waals surface area (Å²) in [6, 6.07) is 0. The first-order chi connectivity index (χ1) is 6.61. The minimum Gasteiger partial charge on any atom is -0.299 e. The van der Waals surface area contributed by atoms with E-state index < -0.39 is 0 Å². The molecule has 0 aliphatic heterocycles. The molecule has 0 aromatic heterocycles. The predicted octanol–water partition coefficient (Wildman–Crippen LogP) is 3.18. The van der Waals surface area contributed by atoms with Gasteiger partial charge in [-0.1, -0.05) is 20.3 Å². The zero-order valence-corrected chi connectivity index (χ0v) is 9.31. The van der Waals surface area contributed by atoms with Crippen LogP contribution in [-0.2, 0) is 4.79 Å². The van der Waals surface area contributed by atoms with Crippen LogP contribution in [0.1, 0.15) is 52.4 Å². The Morgan fingerprint density at radius 1 is 1.43 bits per heavy atom. The van der Waals surface area contributed by atoms with Gasteiger partial charge in [0, 0.05) is 11.8 Å². The highest BCUT2D eigenvalue weighted by molar-refractivity contribution is 5.92. The van der Waals surface area contributed by atoms with E-state index in [0.717, 1.165) is 18.3 Å². The predicted molar refractivity (Wildman–Crippen MR) is 55.9 cm³/mol. The summed E-state index contributed by atoms with van der Waals surface area (Å²) < 4.78 is 0. The summed E-state index contributed by atoms with van der Waals surface area (Å²) in [6.45, 7) is 4.62. The Morgan fingerprint density at radius 3 is 2.64 bits per heavy atom. The number of Topliss-reactive ketones (excluding diaryl/α,β-unsaturated/α-hetero) is 1. The summed E-state index contributed by atoms with van der Waals surface area (Å²) in [5.74, 6) is 2.47. The fourth-order valence-electron chi connectivity index (χ4n) is 3.95. The van der Waals surface area contributed by atoms with Crippen molar-refractivity contribution in [2.75, 3.05) is 0 Å². The van der Waals surface area contributed by atoms with Crippen molar-refractivity contribution in [3.63, 3.8) is 0 Å². The van der Waals surface area contributed by atoms with Crippen LogP contribution in [0.25, 0.3) is 0 Å². The van der Waals surface area contributed by atoms with Gasteiger partial charge in [-0.2, -0.15) is 0 Å². The SMILES string of the molecule is CCC1CC1CC12CC1(C)CCC2=O. The van der Waals surface area contributed by atoms with Crippen LogP contribution in [0.2, 0.25) is 0 Å². The zero-order chi connectivity index (χ0) is 9.97. The first-order valence-corrected chi connectivity index (χ1v) is 6.15. The molecular weight excluding hydrogens is 172 g/mol. The molecule has 0 heterocycles. The van der Waals surface area contributed by atoms with E-state index in [1.54, 1.807) is 0 Å². The summed E-state index contributed by atoms with van der Waals surface area (Å²) in [6.07, 6.45) is 7.23. The number of carbonyl (C=O) groups is 1. The van der Waals surface area contributed by atoms with Gasteiger partial charge in [-0.15, -0.1) is 0 Å². The molecule has 0 amide bonds. The van der Waals surface area contributed by atoms with Crippen molar-refractivity contribution < 1.29 is 4.79 Å². The molecule has 3 aliphatic rings. The lowest BCUT2D eigenvalue weighted by atomic mass is 9.90. The third-order valence-electron chi connectivity index (χ3n) is 5.36. The molecule has 3 fully saturated rings. The van der Waals surface area contributed by atoms with E-state index in [9.17, 15) is 4.79 Å². The monoisotopic (exact) mass is 192 g/mol. The van der Waals surface area contributed by atoms with E-state index in [-0.39, 0.29) is 5.41 Å². The van der Waals surface area contributed by atoms with Crippen LogP contribution in [0.15, 0.2) is 0 Å². The van der Waals surface area contributed by atoms with Crippen molar-refractivity contribution in [3.8, 4) is 0 Å². The standard InChI is InChI=1S/C13H20O/c1-3-9-6-10(9)7-13-8-12(13,2)5-4-11(13)14/h9-10H,3-8H2,1-2H3. The van der Waals surface area contributed by atoms with Gasteiger partial charge in [0.2, 0.25) is 0 Å². The third kappa shape index (κ3) is 0.936. The minimum atomic E-state index is 0.182. The Labute approximate surface area is 86.3 Å². The highest BCUT2D eigenvalue weighted by atomic mass is 16.1. The lowest BCUT2D eigenvalue weighted by Crippen LogP contribution is -2.15. The Balaban J connectivity index is 1.71. The van der Waals surface area contributed by atoms with Crippen LogP contribution in [0.4, 0.5) is 0 Å². The van der Waals surface area contributed by atoms with Crippen molar-refractivity contribution in [1.29, 1.82) is 0 Å². The molecule has 0 aromatic rings. The van der Waals surface area contributed by atoms with Gasteiger partial charge in [0.05, 0.1) is 0 Å². The molecular formula is C13H20O. The molecule has 1 nitrogen and oxygen atoms in total. The van der Waals surface area contributed by atoms with Crippen molar-refractivity contribution in [3.05, 3.63) is 0 Å². The van der Waals surface area contributed by atoms with Gasteiger partial charge in [0.1, 0.15) is 5.78 Å². The van der Waals surface area contributed by atoms with E-state index >= 15 is 0 Å². The molecule has 3 rings (SSSR count). The Bertz CT molecular complexity index is 296. The van der Waals surface area contributed by atoms with E-state index in [2.05, 4.69) is 13.8 Å². The van der Waals surface area contributed by atoms with Crippen molar-refractivity contribution in [2.24, 2.45) is 22.7 Å². The first kappa shape index (κ1) is 8.94. The summed E-state index contributed by atoms with van der Waals surface area (Å²) in [7, 11) is 0. The number of fused-ring (bicyclic) bond motifs is 1. The molecule has 4 unspecified atom stereocenters. The molecule has 3 saturated carbocycles. The fourth-order valence-corrected chi connectivity index (χ4v) is 3.95. The Kier molecular flexibility index (Phi) is 1.55. The second-order valence-corrected chi connectivity index (χ2v) is 6.11. The van der Waals surface area contributed by atoms with Crippen LogP contribution < -0.4 is 0 Å². The third-order valence-corrected chi connectivity index (χ3v) is 5.36. The highest BCUT2D eigenvalue weighted by Gasteiger charge is 2.72. The lowest BCUT2D eigenvalue weighted by molar-refractivity contribution is -0.123. The maximum absolute atomic E-state index is 11.9. The van der Waals surface area contributed by atoms with Gasteiger partial charge < -0.3 is 0 Å². The summed E-state index contributed by atoms with van der Waals surface area (Å²) >= 11 is 0. The van der Waals surface area contributed by atoms with Gasteiger partial charge in [0.15, 0.2) is 0 Å². The average Bonchev–Trinajstić information content (AvgIpc) is 3.00. The molecule has 0 spiro atoms. The molecule has 0 bridgehead atoms. The topological polar surface area (TPSA) is 17.1 Å². The minimum absolute atomic E-state index is 0.182. The van der Waals surface area contributed by atoms with E-state index in [4.69, 9.17) is 0 Å². The quantitative estimate of drug-likeness (QED) is 0.671. The number of rotatable bonds is 3. The second-order valence-electron chi connectivity index (χ2n) is 6.11. The first-order valence-electron chi connectivity index (χ1n) is 6.15. The van der Waals surface area contributed by atoms with Crippen LogP contribution in [0.3, 0.4) is 0 Å². The van der Waals surface area contributed by atoms with Gasteiger partial charge >= 0.3 is 0 Å². The molecule has 0 aromatic carbocycles. The summed E-state index contributed by atoms with van der Waals surface area (Å²) in [5, 5.41) is 0. The maximum atomic E-state index is 11.9. The van der Waals surface area contributed by atoms with Crippen LogP contribution in [-0.4, -0.2) is 5.78 Å². The summed E-state index contributed by atoms with van der Waals surface area (Å²) in [4.78, 5) is 11.9. The van der Waals surface area contributed by atoms with Crippen LogP contribution in [0.5, 0.6) is 0 Å². The number of hydrogen-bond donors (Lipinski definition) is 0. The Hall–Kier alpha value is -0.330.